The van der Waals surface area contributed by atoms with Crippen LogP contribution in [0.3, 0.4) is 0 Å². The van der Waals surface area contributed by atoms with Crippen LogP contribution in [0.2, 0.25) is 5.02 Å². The molecular formula is C24H31ClN2O2S. The van der Waals surface area contributed by atoms with Crippen molar-refractivity contribution < 1.29 is 9.59 Å². The molecule has 0 aliphatic rings. The molecule has 2 aromatic carbocycles. The molecule has 2 amide bonds. The number of nitrogens with one attached hydrogen (secondary N) is 1. The molecule has 0 aliphatic heterocycles. The van der Waals surface area contributed by atoms with Gasteiger partial charge in [-0.05, 0) is 57.0 Å². The summed E-state index contributed by atoms with van der Waals surface area (Å²) < 4.78 is 0. The maximum atomic E-state index is 13.2. The summed E-state index contributed by atoms with van der Waals surface area (Å²) in [7, 11) is 0. The predicted octanol–water partition coefficient (Wildman–Crippen LogP) is 5.54. The predicted molar refractivity (Wildman–Crippen MR) is 126 cm³/mol. The van der Waals surface area contributed by atoms with Gasteiger partial charge < -0.3 is 10.2 Å². The SMILES string of the molecule is CC[C@@H](C(=O)NC(C)(C)C)N(Cc1ccccc1)C(=O)CCSc1ccc(Cl)cc1. The minimum Gasteiger partial charge on any atom is -0.350 e. The smallest absolute Gasteiger partial charge is 0.243 e. The first-order valence-corrected chi connectivity index (χ1v) is 11.6. The van der Waals surface area contributed by atoms with Crippen LogP contribution in [0.25, 0.3) is 0 Å². The van der Waals surface area contributed by atoms with Gasteiger partial charge in [0.25, 0.3) is 0 Å². The first kappa shape index (κ1) is 24.3. The van der Waals surface area contributed by atoms with Crippen LogP contribution in [-0.2, 0) is 16.1 Å². The number of hydrogen-bond acceptors (Lipinski definition) is 3. The van der Waals surface area contributed by atoms with Crippen LogP contribution in [0, 0.1) is 0 Å². The molecule has 0 spiro atoms. The second-order valence-electron chi connectivity index (χ2n) is 8.22. The number of benzene rings is 2. The molecule has 162 valence electrons. The molecule has 2 aromatic rings. The molecule has 6 heteroatoms. The Balaban J connectivity index is 2.11. The van der Waals surface area contributed by atoms with E-state index < -0.39 is 6.04 Å². The van der Waals surface area contributed by atoms with Crippen molar-refractivity contribution in [3.8, 4) is 0 Å². The van der Waals surface area contributed by atoms with Crippen molar-refractivity contribution in [2.24, 2.45) is 0 Å². The van der Waals surface area contributed by atoms with Gasteiger partial charge in [0.05, 0.1) is 0 Å². The van der Waals surface area contributed by atoms with Crippen LogP contribution in [0.4, 0.5) is 0 Å². The van der Waals surface area contributed by atoms with E-state index in [-0.39, 0.29) is 17.4 Å². The maximum absolute atomic E-state index is 13.2. The summed E-state index contributed by atoms with van der Waals surface area (Å²) in [5.74, 6) is 0.513. The standard InChI is InChI=1S/C24H31ClN2O2S/c1-5-21(23(29)26-24(2,3)4)27(17-18-9-7-6-8-10-18)22(28)15-16-30-20-13-11-19(25)12-14-20/h6-14,21H,5,15-17H2,1-4H3,(H,26,29)/t21-/m0/s1. The molecule has 30 heavy (non-hydrogen) atoms. The van der Waals surface area contributed by atoms with E-state index in [0.29, 0.717) is 30.2 Å². The Morgan fingerprint density at radius 3 is 2.27 bits per heavy atom. The van der Waals surface area contributed by atoms with E-state index in [9.17, 15) is 9.59 Å². The van der Waals surface area contributed by atoms with E-state index >= 15 is 0 Å². The lowest BCUT2D eigenvalue weighted by atomic mass is 10.1. The molecule has 0 heterocycles. The highest BCUT2D eigenvalue weighted by Crippen LogP contribution is 2.22. The Labute approximate surface area is 189 Å². The Kier molecular flexibility index (Phi) is 9.25. The third-order valence-corrected chi connectivity index (χ3v) is 5.74. The van der Waals surface area contributed by atoms with Crippen molar-refractivity contribution in [2.75, 3.05) is 5.75 Å². The Morgan fingerprint density at radius 2 is 1.70 bits per heavy atom. The summed E-state index contributed by atoms with van der Waals surface area (Å²) in [4.78, 5) is 28.9. The third-order valence-electron chi connectivity index (χ3n) is 4.48. The van der Waals surface area contributed by atoms with Crippen LogP contribution in [-0.4, -0.2) is 34.0 Å². The summed E-state index contributed by atoms with van der Waals surface area (Å²) in [6.07, 6.45) is 0.921. The molecular weight excluding hydrogens is 416 g/mol. The largest absolute Gasteiger partial charge is 0.350 e. The van der Waals surface area contributed by atoms with E-state index in [1.165, 1.54) is 0 Å². The average molecular weight is 447 g/mol. The van der Waals surface area contributed by atoms with Crippen molar-refractivity contribution >= 4 is 35.2 Å². The number of halogens is 1. The van der Waals surface area contributed by atoms with E-state index in [1.807, 2.05) is 82.3 Å². The molecule has 0 bridgehead atoms. The molecule has 0 aromatic heterocycles. The zero-order chi connectivity index (χ0) is 22.1. The van der Waals surface area contributed by atoms with Gasteiger partial charge in [-0.25, -0.2) is 0 Å². The highest BCUT2D eigenvalue weighted by Gasteiger charge is 2.30. The van der Waals surface area contributed by atoms with Gasteiger partial charge in [-0.1, -0.05) is 48.9 Å². The van der Waals surface area contributed by atoms with Gasteiger partial charge >= 0.3 is 0 Å². The fourth-order valence-electron chi connectivity index (χ4n) is 3.08. The minimum absolute atomic E-state index is 0.0174. The van der Waals surface area contributed by atoms with E-state index in [4.69, 9.17) is 11.6 Å². The fraction of sp³-hybridized carbons (Fsp3) is 0.417. The van der Waals surface area contributed by atoms with Crippen molar-refractivity contribution in [2.45, 2.75) is 63.6 Å². The minimum atomic E-state index is -0.502. The number of nitrogens with zero attached hydrogens (tertiary/aromatic N) is 1. The van der Waals surface area contributed by atoms with Crippen molar-refractivity contribution in [3.05, 3.63) is 65.2 Å². The highest BCUT2D eigenvalue weighted by molar-refractivity contribution is 7.99. The quantitative estimate of drug-likeness (QED) is 0.514. The second kappa shape index (κ2) is 11.4. The Morgan fingerprint density at radius 1 is 1.07 bits per heavy atom. The fourth-order valence-corrected chi connectivity index (χ4v) is 4.05. The molecule has 0 saturated carbocycles. The monoisotopic (exact) mass is 446 g/mol. The van der Waals surface area contributed by atoms with Crippen LogP contribution in [0.5, 0.6) is 0 Å². The Hall–Kier alpha value is -1.98. The van der Waals surface area contributed by atoms with Crippen LogP contribution in [0.1, 0.15) is 46.1 Å². The first-order chi connectivity index (χ1) is 14.2. The first-order valence-electron chi connectivity index (χ1n) is 10.2. The lowest BCUT2D eigenvalue weighted by Gasteiger charge is -2.33. The third kappa shape index (κ3) is 8.04. The van der Waals surface area contributed by atoms with E-state index in [0.717, 1.165) is 10.5 Å². The molecule has 0 unspecified atom stereocenters. The topological polar surface area (TPSA) is 49.4 Å². The molecule has 1 N–H and O–H groups in total. The molecule has 1 atom stereocenters. The van der Waals surface area contributed by atoms with Gasteiger partial charge in [0.15, 0.2) is 0 Å². The number of thioether (sulfide) groups is 1. The van der Waals surface area contributed by atoms with Crippen LogP contribution in [0.15, 0.2) is 59.5 Å². The second-order valence-corrected chi connectivity index (χ2v) is 9.83. The molecule has 0 saturated heterocycles. The lowest BCUT2D eigenvalue weighted by Crippen LogP contribution is -2.53. The lowest BCUT2D eigenvalue weighted by molar-refractivity contribution is -0.141. The number of hydrogen-bond donors (Lipinski definition) is 1. The zero-order valence-corrected chi connectivity index (χ0v) is 19.7. The molecule has 4 nitrogen and oxygen atoms in total. The molecule has 0 fully saturated rings. The Bertz CT molecular complexity index is 819. The van der Waals surface area contributed by atoms with Gasteiger partial charge in [0.2, 0.25) is 11.8 Å². The van der Waals surface area contributed by atoms with E-state index in [2.05, 4.69) is 5.32 Å². The summed E-state index contributed by atoms with van der Waals surface area (Å²) in [6.45, 7) is 8.21. The summed E-state index contributed by atoms with van der Waals surface area (Å²) >= 11 is 7.55. The summed E-state index contributed by atoms with van der Waals surface area (Å²) in [5, 5.41) is 3.72. The van der Waals surface area contributed by atoms with Crippen molar-refractivity contribution in [1.29, 1.82) is 0 Å². The van der Waals surface area contributed by atoms with Gasteiger partial charge in [0, 0.05) is 34.2 Å². The number of carbonyl (C=O) groups is 2. The van der Waals surface area contributed by atoms with E-state index in [1.54, 1.807) is 16.7 Å². The number of amides is 2. The number of rotatable bonds is 9. The van der Waals surface area contributed by atoms with Gasteiger partial charge in [0.1, 0.15) is 6.04 Å². The van der Waals surface area contributed by atoms with Crippen LogP contribution >= 0.6 is 23.4 Å². The van der Waals surface area contributed by atoms with Crippen molar-refractivity contribution in [1.82, 2.24) is 10.2 Å². The van der Waals surface area contributed by atoms with Crippen molar-refractivity contribution in [3.63, 3.8) is 0 Å². The maximum Gasteiger partial charge on any atom is 0.243 e. The summed E-state index contributed by atoms with van der Waals surface area (Å²) in [6, 6.07) is 16.9. The van der Waals surface area contributed by atoms with Gasteiger partial charge in [-0.3, -0.25) is 9.59 Å². The zero-order valence-electron chi connectivity index (χ0n) is 18.2. The molecule has 0 radical (unpaired) electrons. The summed E-state index contributed by atoms with van der Waals surface area (Å²) in [5.41, 5.74) is 0.661. The highest BCUT2D eigenvalue weighted by atomic mass is 35.5. The average Bonchev–Trinajstić information content (AvgIpc) is 2.68. The molecule has 2 rings (SSSR count). The molecule has 0 aliphatic carbocycles. The van der Waals surface area contributed by atoms with Gasteiger partial charge in [-0.15, -0.1) is 11.8 Å². The van der Waals surface area contributed by atoms with Crippen LogP contribution < -0.4 is 5.32 Å². The van der Waals surface area contributed by atoms with Gasteiger partial charge in [-0.2, -0.15) is 0 Å². The normalized spacial score (nSPS) is 12.3. The number of carbonyl (C=O) groups excluding carboxylic acids is 2.